The van der Waals surface area contributed by atoms with Crippen molar-refractivity contribution in [3.63, 3.8) is 0 Å². The average molecular weight is 521 g/mol. The second kappa shape index (κ2) is 12.9. The number of carbonyl (C=O) groups is 1. The molecule has 4 aromatic carbocycles. The molecule has 5 rings (SSSR count). The minimum absolute atomic E-state index is 0.0132. The zero-order valence-electron chi connectivity index (χ0n) is 21.8. The lowest BCUT2D eigenvalue weighted by molar-refractivity contribution is -0.122. The van der Waals surface area contributed by atoms with Crippen molar-refractivity contribution in [3.8, 4) is 11.5 Å². The van der Waals surface area contributed by atoms with Crippen LogP contribution >= 0.6 is 0 Å². The maximum atomic E-state index is 12.6. The molecule has 2 atom stereocenters. The number of hydrazone groups is 1. The first kappa shape index (κ1) is 26.2. The molecule has 1 saturated heterocycles. The fourth-order valence-corrected chi connectivity index (χ4v) is 4.23. The predicted molar refractivity (Wildman–Crippen MR) is 152 cm³/mol. The number of carbonyl (C=O) groups excluding carboxylic acids is 1. The molecule has 0 bridgehead atoms. The van der Waals surface area contributed by atoms with Gasteiger partial charge in [0, 0.05) is 6.04 Å². The minimum Gasteiger partial charge on any atom is -0.489 e. The third-order valence-corrected chi connectivity index (χ3v) is 6.55. The van der Waals surface area contributed by atoms with Crippen molar-refractivity contribution < 1.29 is 14.3 Å². The Morgan fingerprint density at radius 3 is 2.10 bits per heavy atom. The van der Waals surface area contributed by atoms with Crippen LogP contribution in [0.25, 0.3) is 0 Å². The summed E-state index contributed by atoms with van der Waals surface area (Å²) < 4.78 is 11.7. The maximum Gasteiger partial charge on any atom is 0.258 e. The molecule has 1 fully saturated rings. The van der Waals surface area contributed by atoms with Crippen LogP contribution in [0, 0.1) is 6.92 Å². The van der Waals surface area contributed by atoms with Gasteiger partial charge in [0.05, 0.1) is 6.21 Å². The number of hydrogen-bond donors (Lipinski definition) is 3. The van der Waals surface area contributed by atoms with Crippen LogP contribution in [0.1, 0.15) is 40.3 Å². The molecule has 0 radical (unpaired) electrons. The number of nitrogens with one attached hydrogen (secondary N) is 3. The fourth-order valence-electron chi connectivity index (χ4n) is 4.23. The third-order valence-electron chi connectivity index (χ3n) is 6.55. The number of aryl methyl sites for hydroxylation is 1. The van der Waals surface area contributed by atoms with Crippen molar-refractivity contribution in [2.45, 2.75) is 38.6 Å². The van der Waals surface area contributed by atoms with Crippen LogP contribution < -0.4 is 25.8 Å². The van der Waals surface area contributed by atoms with E-state index in [1.165, 1.54) is 5.56 Å². The van der Waals surface area contributed by atoms with Gasteiger partial charge in [-0.15, -0.1) is 0 Å². The number of benzene rings is 4. The van der Waals surface area contributed by atoms with E-state index in [1.54, 1.807) is 6.21 Å². The van der Waals surface area contributed by atoms with Crippen molar-refractivity contribution in [2.24, 2.45) is 5.10 Å². The Morgan fingerprint density at radius 2 is 1.44 bits per heavy atom. The minimum atomic E-state index is -0.390. The molecule has 1 heterocycles. The highest BCUT2D eigenvalue weighted by atomic mass is 16.5. The van der Waals surface area contributed by atoms with Crippen molar-refractivity contribution in [1.82, 2.24) is 16.3 Å². The highest BCUT2D eigenvalue weighted by molar-refractivity contribution is 5.85. The first-order chi connectivity index (χ1) is 19.1. The lowest BCUT2D eigenvalue weighted by Crippen LogP contribution is -2.41. The molecular formula is C32H32N4O3. The van der Waals surface area contributed by atoms with Crippen LogP contribution in [-0.2, 0) is 18.0 Å². The Hall–Kier alpha value is -4.46. The second-order valence-electron chi connectivity index (χ2n) is 9.55. The molecule has 198 valence electrons. The molecule has 3 N–H and O–H groups in total. The Morgan fingerprint density at radius 1 is 0.821 bits per heavy atom. The SMILES string of the molecule is Cc1ccc(COc2ccc(C3CC(C(=O)N/N=C\c4ccc(OCc5ccccc5)cc4)NN3)cc2)cc1. The lowest BCUT2D eigenvalue weighted by atomic mass is 10.0. The van der Waals surface area contributed by atoms with E-state index in [9.17, 15) is 4.79 Å². The quantitative estimate of drug-likeness (QED) is 0.198. The van der Waals surface area contributed by atoms with E-state index in [2.05, 4.69) is 52.6 Å². The van der Waals surface area contributed by atoms with Crippen molar-refractivity contribution in [1.29, 1.82) is 0 Å². The molecule has 0 aliphatic carbocycles. The van der Waals surface area contributed by atoms with Gasteiger partial charge in [-0.25, -0.2) is 16.3 Å². The fraction of sp³-hybridized carbons (Fsp3) is 0.188. The summed E-state index contributed by atoms with van der Waals surface area (Å²) in [5.74, 6) is 1.39. The first-order valence-corrected chi connectivity index (χ1v) is 13.0. The topological polar surface area (TPSA) is 84.0 Å². The van der Waals surface area contributed by atoms with E-state index in [0.717, 1.165) is 33.8 Å². The van der Waals surface area contributed by atoms with E-state index < -0.39 is 6.04 Å². The standard InChI is InChI=1S/C32H32N4O3/c1-23-7-9-26(10-8-23)22-39-29-17-13-27(14-18-29)30-19-31(35-34-30)32(37)36-33-20-24-11-15-28(16-12-24)38-21-25-5-3-2-4-6-25/h2-18,20,30-31,34-35H,19,21-22H2,1H3,(H,36,37)/b33-20-. The molecule has 0 aromatic heterocycles. The molecule has 4 aromatic rings. The summed E-state index contributed by atoms with van der Waals surface area (Å²) in [5, 5.41) is 4.12. The Bertz CT molecular complexity index is 1370. The van der Waals surface area contributed by atoms with Gasteiger partial charge in [-0.1, -0.05) is 72.3 Å². The number of nitrogens with zero attached hydrogens (tertiary/aromatic N) is 1. The van der Waals surface area contributed by atoms with Crippen LogP contribution in [0.4, 0.5) is 0 Å². The number of ether oxygens (including phenoxy) is 2. The van der Waals surface area contributed by atoms with E-state index in [-0.39, 0.29) is 11.9 Å². The van der Waals surface area contributed by atoms with Gasteiger partial charge in [0.1, 0.15) is 30.8 Å². The predicted octanol–water partition coefficient (Wildman–Crippen LogP) is 5.21. The van der Waals surface area contributed by atoms with Crippen molar-refractivity contribution in [2.75, 3.05) is 0 Å². The molecular weight excluding hydrogens is 488 g/mol. The second-order valence-corrected chi connectivity index (χ2v) is 9.55. The molecule has 39 heavy (non-hydrogen) atoms. The van der Waals surface area contributed by atoms with E-state index >= 15 is 0 Å². The molecule has 0 spiro atoms. The summed E-state index contributed by atoms with van der Waals surface area (Å²) in [6, 6.07) is 33.5. The van der Waals surface area contributed by atoms with Gasteiger partial charge in [-0.3, -0.25) is 4.79 Å². The van der Waals surface area contributed by atoms with Gasteiger partial charge in [-0.2, -0.15) is 5.10 Å². The van der Waals surface area contributed by atoms with Gasteiger partial charge >= 0.3 is 0 Å². The van der Waals surface area contributed by atoms with Gasteiger partial charge in [0.15, 0.2) is 0 Å². The van der Waals surface area contributed by atoms with Crippen LogP contribution in [0.5, 0.6) is 11.5 Å². The zero-order valence-corrected chi connectivity index (χ0v) is 21.8. The average Bonchev–Trinajstić information content (AvgIpc) is 3.48. The van der Waals surface area contributed by atoms with E-state index in [0.29, 0.717) is 19.6 Å². The molecule has 7 heteroatoms. The zero-order chi connectivity index (χ0) is 26.9. The van der Waals surface area contributed by atoms with Crippen LogP contribution in [0.2, 0.25) is 0 Å². The maximum absolute atomic E-state index is 12.6. The number of rotatable bonds is 10. The lowest BCUT2D eigenvalue weighted by Gasteiger charge is -2.11. The van der Waals surface area contributed by atoms with Gasteiger partial charge in [0.25, 0.3) is 5.91 Å². The van der Waals surface area contributed by atoms with Crippen molar-refractivity contribution in [3.05, 3.63) is 131 Å². The Labute approximate surface area is 228 Å². The molecule has 2 unspecified atom stereocenters. The van der Waals surface area contributed by atoms with Gasteiger partial charge in [-0.05, 0) is 72.0 Å². The summed E-state index contributed by atoms with van der Waals surface area (Å²) in [5.41, 5.74) is 14.3. The summed E-state index contributed by atoms with van der Waals surface area (Å²) in [6.07, 6.45) is 2.23. The van der Waals surface area contributed by atoms with Crippen molar-refractivity contribution >= 4 is 12.1 Å². The van der Waals surface area contributed by atoms with Crippen LogP contribution in [0.15, 0.2) is 108 Å². The Kier molecular flexibility index (Phi) is 8.63. The van der Waals surface area contributed by atoms with Gasteiger partial charge in [0.2, 0.25) is 0 Å². The number of amides is 1. The monoisotopic (exact) mass is 520 g/mol. The first-order valence-electron chi connectivity index (χ1n) is 13.0. The highest BCUT2D eigenvalue weighted by Gasteiger charge is 2.30. The normalized spacial score (nSPS) is 16.7. The molecule has 7 nitrogen and oxygen atoms in total. The van der Waals surface area contributed by atoms with E-state index in [1.807, 2.05) is 78.9 Å². The summed E-state index contributed by atoms with van der Waals surface area (Å²) in [6.45, 7) is 3.11. The molecule has 1 aliphatic rings. The van der Waals surface area contributed by atoms with Gasteiger partial charge < -0.3 is 9.47 Å². The summed E-state index contributed by atoms with van der Waals surface area (Å²) >= 11 is 0. The molecule has 0 saturated carbocycles. The highest BCUT2D eigenvalue weighted by Crippen LogP contribution is 2.25. The number of hydrogen-bond acceptors (Lipinski definition) is 6. The number of hydrazine groups is 1. The van der Waals surface area contributed by atoms with E-state index in [4.69, 9.17) is 9.47 Å². The van der Waals surface area contributed by atoms with Crippen LogP contribution in [-0.4, -0.2) is 18.2 Å². The smallest absolute Gasteiger partial charge is 0.258 e. The largest absolute Gasteiger partial charge is 0.489 e. The third kappa shape index (κ3) is 7.54. The summed E-state index contributed by atoms with van der Waals surface area (Å²) in [7, 11) is 0. The Balaban J connectivity index is 1.05. The molecule has 1 amide bonds. The molecule has 1 aliphatic heterocycles. The van der Waals surface area contributed by atoms with Crippen LogP contribution in [0.3, 0.4) is 0 Å². The summed E-state index contributed by atoms with van der Waals surface area (Å²) in [4.78, 5) is 12.6.